The van der Waals surface area contributed by atoms with E-state index in [2.05, 4.69) is 17.1 Å². The minimum atomic E-state index is 1.07. The van der Waals surface area contributed by atoms with Gasteiger partial charge in [-0.25, -0.2) is 0 Å². The van der Waals surface area contributed by atoms with Gasteiger partial charge in [0.05, 0.1) is 0 Å². The minimum Gasteiger partial charge on any atom is -0.320 e. The molecule has 0 aliphatic carbocycles. The van der Waals surface area contributed by atoms with E-state index in [9.17, 15) is 0 Å². The van der Waals surface area contributed by atoms with Gasteiger partial charge in [-0.3, -0.25) is 0 Å². The molecular formula is C10H19N3. The maximum atomic E-state index is 3.76. The van der Waals surface area contributed by atoms with Crippen LogP contribution < -0.4 is 0 Å². The zero-order valence-corrected chi connectivity index (χ0v) is 8.45. The number of nitrogens with zero attached hydrogens (tertiary/aromatic N) is 3. The van der Waals surface area contributed by atoms with Crippen LogP contribution in [0.2, 0.25) is 0 Å². The molecule has 0 aliphatic rings. The van der Waals surface area contributed by atoms with Gasteiger partial charge in [-0.15, -0.1) is 10.2 Å². The van der Waals surface area contributed by atoms with Gasteiger partial charge in [-0.1, -0.05) is 39.0 Å². The molecule has 0 saturated heterocycles. The SMILES string of the molecule is CCCCCCCCn1cnnc1. The first-order valence-electron chi connectivity index (χ1n) is 5.26. The predicted octanol–water partition coefficient (Wildman–Crippen LogP) is 2.64. The molecule has 0 fully saturated rings. The van der Waals surface area contributed by atoms with E-state index in [1.165, 1.54) is 38.5 Å². The summed E-state index contributed by atoms with van der Waals surface area (Å²) in [7, 11) is 0. The lowest BCUT2D eigenvalue weighted by atomic mass is 10.1. The van der Waals surface area contributed by atoms with Crippen molar-refractivity contribution in [1.82, 2.24) is 14.8 Å². The van der Waals surface area contributed by atoms with Crippen LogP contribution in [0, 0.1) is 0 Å². The highest BCUT2D eigenvalue weighted by Crippen LogP contribution is 2.05. The van der Waals surface area contributed by atoms with E-state index in [0.717, 1.165) is 6.54 Å². The fraction of sp³-hybridized carbons (Fsp3) is 0.800. The topological polar surface area (TPSA) is 30.7 Å². The molecule has 1 rings (SSSR count). The summed E-state index contributed by atoms with van der Waals surface area (Å²) in [4.78, 5) is 0. The molecule has 13 heavy (non-hydrogen) atoms. The Hall–Kier alpha value is -0.860. The van der Waals surface area contributed by atoms with Gasteiger partial charge in [0.15, 0.2) is 0 Å². The predicted molar refractivity (Wildman–Crippen MR) is 53.4 cm³/mol. The average Bonchev–Trinajstić information content (AvgIpc) is 2.63. The van der Waals surface area contributed by atoms with Crippen molar-refractivity contribution in [2.75, 3.05) is 0 Å². The normalized spacial score (nSPS) is 10.5. The van der Waals surface area contributed by atoms with Gasteiger partial charge in [-0.2, -0.15) is 0 Å². The monoisotopic (exact) mass is 181 g/mol. The second kappa shape index (κ2) is 6.63. The molecular weight excluding hydrogens is 162 g/mol. The van der Waals surface area contributed by atoms with Crippen molar-refractivity contribution >= 4 is 0 Å². The summed E-state index contributed by atoms with van der Waals surface area (Å²) >= 11 is 0. The molecule has 0 aromatic carbocycles. The van der Waals surface area contributed by atoms with Crippen LogP contribution in [-0.2, 0) is 6.54 Å². The Labute approximate surface area is 80.2 Å². The van der Waals surface area contributed by atoms with Crippen molar-refractivity contribution in [2.45, 2.75) is 52.0 Å². The molecule has 74 valence electrons. The first kappa shape index (κ1) is 10.2. The van der Waals surface area contributed by atoms with Crippen LogP contribution in [0.25, 0.3) is 0 Å². The Morgan fingerprint density at radius 2 is 1.54 bits per heavy atom. The second-order valence-corrected chi connectivity index (χ2v) is 3.47. The van der Waals surface area contributed by atoms with E-state index in [4.69, 9.17) is 0 Å². The zero-order chi connectivity index (χ0) is 9.36. The standard InChI is InChI=1S/C10H19N3/c1-2-3-4-5-6-7-8-13-9-11-12-10-13/h9-10H,2-8H2,1H3. The Bertz CT molecular complexity index is 194. The van der Waals surface area contributed by atoms with E-state index in [0.29, 0.717) is 0 Å². The van der Waals surface area contributed by atoms with Crippen molar-refractivity contribution in [3.63, 3.8) is 0 Å². The molecule has 0 amide bonds. The summed E-state index contributed by atoms with van der Waals surface area (Å²) in [6, 6.07) is 0. The number of hydrogen-bond donors (Lipinski definition) is 0. The third-order valence-corrected chi connectivity index (χ3v) is 2.24. The third-order valence-electron chi connectivity index (χ3n) is 2.24. The fourth-order valence-electron chi connectivity index (χ4n) is 1.41. The van der Waals surface area contributed by atoms with Gasteiger partial charge in [0.1, 0.15) is 12.7 Å². The van der Waals surface area contributed by atoms with Gasteiger partial charge in [0, 0.05) is 6.54 Å². The number of hydrogen-bond acceptors (Lipinski definition) is 2. The molecule has 0 spiro atoms. The Morgan fingerprint density at radius 3 is 2.23 bits per heavy atom. The average molecular weight is 181 g/mol. The van der Waals surface area contributed by atoms with Crippen LogP contribution in [0.15, 0.2) is 12.7 Å². The first-order chi connectivity index (χ1) is 6.43. The number of unbranched alkanes of at least 4 members (excludes halogenated alkanes) is 5. The lowest BCUT2D eigenvalue weighted by Gasteiger charge is -2.00. The van der Waals surface area contributed by atoms with Crippen LogP contribution in [0.5, 0.6) is 0 Å². The van der Waals surface area contributed by atoms with Crippen LogP contribution in [-0.4, -0.2) is 14.8 Å². The molecule has 1 aromatic heterocycles. The van der Waals surface area contributed by atoms with Gasteiger partial charge in [0.2, 0.25) is 0 Å². The largest absolute Gasteiger partial charge is 0.320 e. The summed E-state index contributed by atoms with van der Waals surface area (Å²) in [5.74, 6) is 0. The van der Waals surface area contributed by atoms with E-state index in [1.807, 2.05) is 4.57 Å². The summed E-state index contributed by atoms with van der Waals surface area (Å²) in [6.07, 6.45) is 11.6. The summed E-state index contributed by atoms with van der Waals surface area (Å²) in [5, 5.41) is 7.53. The fourth-order valence-corrected chi connectivity index (χ4v) is 1.41. The van der Waals surface area contributed by atoms with Gasteiger partial charge in [0.25, 0.3) is 0 Å². The van der Waals surface area contributed by atoms with Crippen LogP contribution in [0.3, 0.4) is 0 Å². The number of aryl methyl sites for hydroxylation is 1. The molecule has 0 aliphatic heterocycles. The molecule has 0 unspecified atom stereocenters. The van der Waals surface area contributed by atoms with Gasteiger partial charge >= 0.3 is 0 Å². The Kier molecular flexibility index (Phi) is 5.22. The maximum Gasteiger partial charge on any atom is 0.119 e. The molecule has 0 atom stereocenters. The first-order valence-corrected chi connectivity index (χ1v) is 5.26. The molecule has 3 heteroatoms. The van der Waals surface area contributed by atoms with Crippen LogP contribution >= 0.6 is 0 Å². The van der Waals surface area contributed by atoms with Crippen LogP contribution in [0.4, 0.5) is 0 Å². The molecule has 0 saturated carbocycles. The molecule has 0 radical (unpaired) electrons. The van der Waals surface area contributed by atoms with E-state index < -0.39 is 0 Å². The third kappa shape index (κ3) is 4.65. The highest BCUT2D eigenvalue weighted by Gasteiger charge is 1.91. The van der Waals surface area contributed by atoms with Crippen molar-refractivity contribution in [2.24, 2.45) is 0 Å². The quantitative estimate of drug-likeness (QED) is 0.605. The lowest BCUT2D eigenvalue weighted by Crippen LogP contribution is -1.94. The lowest BCUT2D eigenvalue weighted by molar-refractivity contribution is 0.557. The van der Waals surface area contributed by atoms with Crippen molar-refractivity contribution in [1.29, 1.82) is 0 Å². The summed E-state index contributed by atoms with van der Waals surface area (Å²) < 4.78 is 2.04. The molecule has 1 heterocycles. The zero-order valence-electron chi connectivity index (χ0n) is 8.45. The smallest absolute Gasteiger partial charge is 0.119 e. The number of rotatable bonds is 7. The molecule has 1 aromatic rings. The van der Waals surface area contributed by atoms with Crippen molar-refractivity contribution in [3.05, 3.63) is 12.7 Å². The Balaban J connectivity index is 1.90. The second-order valence-electron chi connectivity index (χ2n) is 3.47. The van der Waals surface area contributed by atoms with Gasteiger partial charge in [-0.05, 0) is 6.42 Å². The highest BCUT2D eigenvalue weighted by atomic mass is 15.2. The van der Waals surface area contributed by atoms with E-state index in [1.54, 1.807) is 12.7 Å². The highest BCUT2D eigenvalue weighted by molar-refractivity contribution is 4.59. The van der Waals surface area contributed by atoms with Crippen LogP contribution in [0.1, 0.15) is 45.4 Å². The summed E-state index contributed by atoms with van der Waals surface area (Å²) in [5.41, 5.74) is 0. The minimum absolute atomic E-state index is 1.07. The molecule has 0 N–H and O–H groups in total. The molecule has 3 nitrogen and oxygen atoms in total. The van der Waals surface area contributed by atoms with E-state index >= 15 is 0 Å². The van der Waals surface area contributed by atoms with E-state index in [-0.39, 0.29) is 0 Å². The van der Waals surface area contributed by atoms with Gasteiger partial charge < -0.3 is 4.57 Å². The van der Waals surface area contributed by atoms with Crippen molar-refractivity contribution < 1.29 is 0 Å². The Morgan fingerprint density at radius 1 is 0.923 bits per heavy atom. The van der Waals surface area contributed by atoms with Crippen molar-refractivity contribution in [3.8, 4) is 0 Å². The maximum absolute atomic E-state index is 3.76. The summed E-state index contributed by atoms with van der Waals surface area (Å²) in [6.45, 7) is 3.32. The molecule has 0 bridgehead atoms. The number of aromatic nitrogens is 3.